The lowest BCUT2D eigenvalue weighted by molar-refractivity contribution is 0.0945. The summed E-state index contributed by atoms with van der Waals surface area (Å²) in [5.41, 5.74) is 4.80. The molecule has 1 amide bonds. The van der Waals surface area contributed by atoms with Crippen LogP contribution in [0.2, 0.25) is 0 Å². The predicted molar refractivity (Wildman–Crippen MR) is 115 cm³/mol. The summed E-state index contributed by atoms with van der Waals surface area (Å²) in [5, 5.41) is 8.25. The fourth-order valence-electron chi connectivity index (χ4n) is 3.39. The summed E-state index contributed by atoms with van der Waals surface area (Å²) in [6.45, 7) is 0.339. The molecule has 0 saturated carbocycles. The average molecular weight is 410 g/mol. The van der Waals surface area contributed by atoms with Gasteiger partial charge in [-0.2, -0.15) is 5.10 Å². The number of rotatable bonds is 5. The minimum atomic E-state index is -0.253. The van der Waals surface area contributed by atoms with Crippen LogP contribution in [0.4, 0.5) is 0 Å². The van der Waals surface area contributed by atoms with Crippen LogP contribution in [0.15, 0.2) is 67.5 Å². The molecule has 0 atom stereocenters. The van der Waals surface area contributed by atoms with Gasteiger partial charge in [-0.15, -0.1) is 0 Å². The Balaban J connectivity index is 1.40. The van der Waals surface area contributed by atoms with Gasteiger partial charge in [0.05, 0.1) is 11.4 Å². The van der Waals surface area contributed by atoms with Crippen LogP contribution >= 0.6 is 0 Å². The van der Waals surface area contributed by atoms with E-state index < -0.39 is 0 Å². The molecular formula is C22H18N8O. The lowest BCUT2D eigenvalue weighted by Crippen LogP contribution is -2.23. The molecule has 0 aliphatic heterocycles. The van der Waals surface area contributed by atoms with Gasteiger partial charge in [0, 0.05) is 60.4 Å². The molecule has 31 heavy (non-hydrogen) atoms. The van der Waals surface area contributed by atoms with Gasteiger partial charge in [0.2, 0.25) is 0 Å². The summed E-state index contributed by atoms with van der Waals surface area (Å²) in [6.07, 6.45) is 8.21. The van der Waals surface area contributed by atoms with Crippen LogP contribution in [0.25, 0.3) is 33.7 Å². The highest BCUT2D eigenvalue weighted by atomic mass is 16.1. The first-order chi connectivity index (χ1) is 15.2. The van der Waals surface area contributed by atoms with Gasteiger partial charge in [0.15, 0.2) is 11.5 Å². The summed E-state index contributed by atoms with van der Waals surface area (Å²) in [7, 11) is 1.82. The van der Waals surface area contributed by atoms with Gasteiger partial charge in [-0.05, 0) is 30.3 Å². The first-order valence-electron chi connectivity index (χ1n) is 9.64. The summed E-state index contributed by atoms with van der Waals surface area (Å²) in [5.74, 6) is 0.389. The number of aromatic amines is 1. The van der Waals surface area contributed by atoms with E-state index in [1.807, 2.05) is 25.2 Å². The standard InChI is InChI=1S/C22H18N8O/c1-30-20(9-19(29-30)22(31)27-12-14-10-23-13-24-11-14)15-3-4-17-16(7-15)8-18(28-17)21-25-5-2-6-26-21/h2-11,13,28H,12H2,1H3,(H,27,31). The number of aryl methyl sites for hydroxylation is 1. The number of nitrogens with zero attached hydrogens (tertiary/aromatic N) is 6. The van der Waals surface area contributed by atoms with E-state index >= 15 is 0 Å². The lowest BCUT2D eigenvalue weighted by Gasteiger charge is -2.01. The van der Waals surface area contributed by atoms with Crippen molar-refractivity contribution in [3.63, 3.8) is 0 Å². The van der Waals surface area contributed by atoms with E-state index in [4.69, 9.17) is 0 Å². The van der Waals surface area contributed by atoms with Crippen molar-refractivity contribution < 1.29 is 4.79 Å². The van der Waals surface area contributed by atoms with Gasteiger partial charge in [-0.1, -0.05) is 6.07 Å². The second kappa shape index (κ2) is 7.79. The van der Waals surface area contributed by atoms with E-state index in [0.29, 0.717) is 18.1 Å². The molecule has 9 nitrogen and oxygen atoms in total. The molecule has 0 aliphatic carbocycles. The van der Waals surface area contributed by atoms with E-state index in [-0.39, 0.29) is 5.91 Å². The lowest BCUT2D eigenvalue weighted by atomic mass is 10.1. The SMILES string of the molecule is Cn1nc(C(=O)NCc2cncnc2)cc1-c1ccc2[nH]c(-c3ncccn3)cc2c1. The number of H-pyrrole nitrogens is 1. The van der Waals surface area contributed by atoms with Crippen LogP contribution < -0.4 is 5.32 Å². The summed E-state index contributed by atoms with van der Waals surface area (Å²) < 4.78 is 1.70. The van der Waals surface area contributed by atoms with E-state index in [1.54, 1.807) is 41.6 Å². The average Bonchev–Trinajstić information content (AvgIpc) is 3.42. The Morgan fingerprint density at radius 3 is 2.71 bits per heavy atom. The van der Waals surface area contributed by atoms with E-state index in [9.17, 15) is 4.79 Å². The fourth-order valence-corrected chi connectivity index (χ4v) is 3.39. The van der Waals surface area contributed by atoms with Gasteiger partial charge in [-0.25, -0.2) is 19.9 Å². The number of carbonyl (C=O) groups is 1. The Hall–Kier alpha value is -4.40. The molecule has 5 rings (SSSR count). The molecule has 0 unspecified atom stereocenters. The molecule has 0 bridgehead atoms. The maximum atomic E-state index is 12.5. The van der Waals surface area contributed by atoms with Crippen molar-refractivity contribution in [2.24, 2.45) is 7.05 Å². The molecule has 4 aromatic heterocycles. The number of amides is 1. The topological polar surface area (TPSA) is 114 Å². The van der Waals surface area contributed by atoms with Crippen molar-refractivity contribution >= 4 is 16.8 Å². The second-order valence-corrected chi connectivity index (χ2v) is 7.03. The number of aromatic nitrogens is 7. The Kier molecular flexibility index (Phi) is 4.68. The number of carbonyl (C=O) groups excluding carboxylic acids is 1. The first-order valence-corrected chi connectivity index (χ1v) is 9.64. The second-order valence-electron chi connectivity index (χ2n) is 7.03. The highest BCUT2D eigenvalue weighted by molar-refractivity contribution is 5.94. The number of hydrogen-bond acceptors (Lipinski definition) is 6. The molecule has 152 valence electrons. The molecule has 9 heteroatoms. The predicted octanol–water partition coefficient (Wildman–Crippen LogP) is 2.75. The zero-order chi connectivity index (χ0) is 21.2. The third-order valence-electron chi connectivity index (χ3n) is 4.90. The minimum absolute atomic E-state index is 0.253. The molecule has 0 radical (unpaired) electrons. The maximum absolute atomic E-state index is 12.5. The van der Waals surface area contributed by atoms with Gasteiger partial charge < -0.3 is 10.3 Å². The van der Waals surface area contributed by atoms with Gasteiger partial charge >= 0.3 is 0 Å². The van der Waals surface area contributed by atoms with Crippen molar-refractivity contribution in [2.75, 3.05) is 0 Å². The van der Waals surface area contributed by atoms with E-state index in [1.165, 1.54) is 6.33 Å². The summed E-state index contributed by atoms with van der Waals surface area (Å²) in [4.78, 5) is 32.4. The van der Waals surface area contributed by atoms with Gasteiger partial charge in [0.1, 0.15) is 6.33 Å². The van der Waals surface area contributed by atoms with E-state index in [2.05, 4.69) is 41.4 Å². The van der Waals surface area contributed by atoms with Crippen molar-refractivity contribution in [1.82, 2.24) is 40.0 Å². The Morgan fingerprint density at radius 1 is 1.10 bits per heavy atom. The van der Waals surface area contributed by atoms with Gasteiger partial charge in [0.25, 0.3) is 5.91 Å². The molecule has 0 fully saturated rings. The highest BCUT2D eigenvalue weighted by Gasteiger charge is 2.15. The Labute approximate surface area is 177 Å². The molecule has 0 spiro atoms. The van der Waals surface area contributed by atoms with Crippen LogP contribution in [0.3, 0.4) is 0 Å². The largest absolute Gasteiger partial charge is 0.352 e. The number of hydrogen-bond donors (Lipinski definition) is 2. The van der Waals surface area contributed by atoms with Crippen LogP contribution in [0.1, 0.15) is 16.1 Å². The monoisotopic (exact) mass is 410 g/mol. The van der Waals surface area contributed by atoms with Crippen LogP contribution in [0.5, 0.6) is 0 Å². The molecule has 0 saturated heterocycles. The first kappa shape index (κ1) is 18.6. The highest BCUT2D eigenvalue weighted by Crippen LogP contribution is 2.27. The van der Waals surface area contributed by atoms with E-state index in [0.717, 1.165) is 33.4 Å². The van der Waals surface area contributed by atoms with Crippen LogP contribution in [0, 0.1) is 0 Å². The van der Waals surface area contributed by atoms with Gasteiger partial charge in [-0.3, -0.25) is 9.48 Å². The molecular weight excluding hydrogens is 392 g/mol. The quantitative estimate of drug-likeness (QED) is 0.460. The zero-order valence-corrected chi connectivity index (χ0v) is 16.6. The number of nitrogens with one attached hydrogen (secondary N) is 2. The molecule has 5 aromatic rings. The smallest absolute Gasteiger partial charge is 0.272 e. The third kappa shape index (κ3) is 3.76. The van der Waals surface area contributed by atoms with Crippen molar-refractivity contribution in [1.29, 1.82) is 0 Å². The van der Waals surface area contributed by atoms with Crippen molar-refractivity contribution in [3.8, 4) is 22.8 Å². The van der Waals surface area contributed by atoms with Crippen molar-refractivity contribution in [3.05, 3.63) is 78.8 Å². The molecule has 2 N–H and O–H groups in total. The molecule has 0 aliphatic rings. The molecule has 1 aromatic carbocycles. The molecule has 4 heterocycles. The number of benzene rings is 1. The maximum Gasteiger partial charge on any atom is 0.272 e. The summed E-state index contributed by atoms with van der Waals surface area (Å²) in [6, 6.07) is 11.6. The van der Waals surface area contributed by atoms with Crippen LogP contribution in [-0.4, -0.2) is 40.6 Å². The van der Waals surface area contributed by atoms with Crippen LogP contribution in [-0.2, 0) is 13.6 Å². The normalized spacial score (nSPS) is 11.0. The minimum Gasteiger partial charge on any atom is -0.352 e. The number of fused-ring (bicyclic) bond motifs is 1. The third-order valence-corrected chi connectivity index (χ3v) is 4.90. The Morgan fingerprint density at radius 2 is 1.90 bits per heavy atom. The van der Waals surface area contributed by atoms with Crippen molar-refractivity contribution in [2.45, 2.75) is 6.54 Å². The zero-order valence-electron chi connectivity index (χ0n) is 16.6. The summed E-state index contributed by atoms with van der Waals surface area (Å²) >= 11 is 0. The fraction of sp³-hybridized carbons (Fsp3) is 0.0909. The Bertz CT molecular complexity index is 1360.